The van der Waals surface area contributed by atoms with E-state index in [0.717, 1.165) is 0 Å². The van der Waals surface area contributed by atoms with Gasteiger partial charge in [0.2, 0.25) is 10.0 Å². The SMILES string of the molecule is CNS(=O)(=O)CCNC(C)c1cc(O)ccc1O. The monoisotopic (exact) mass is 274 g/mol. The predicted octanol–water partition coefficient (Wildman–Crippen LogP) is 0.298. The molecule has 0 saturated heterocycles. The molecule has 1 aromatic rings. The van der Waals surface area contributed by atoms with E-state index < -0.39 is 10.0 Å². The zero-order valence-electron chi connectivity index (χ0n) is 10.3. The largest absolute Gasteiger partial charge is 0.508 e. The fourth-order valence-electron chi connectivity index (χ4n) is 1.51. The van der Waals surface area contributed by atoms with Crippen molar-refractivity contribution in [2.45, 2.75) is 13.0 Å². The Morgan fingerprint density at radius 2 is 2.00 bits per heavy atom. The Bertz CT molecular complexity index is 502. The number of phenols is 2. The van der Waals surface area contributed by atoms with Crippen molar-refractivity contribution in [3.63, 3.8) is 0 Å². The average Bonchev–Trinajstić information content (AvgIpc) is 2.32. The highest BCUT2D eigenvalue weighted by molar-refractivity contribution is 7.89. The van der Waals surface area contributed by atoms with Crippen LogP contribution in [-0.4, -0.2) is 38.0 Å². The summed E-state index contributed by atoms with van der Waals surface area (Å²) in [6.07, 6.45) is 0. The molecule has 1 rings (SSSR count). The van der Waals surface area contributed by atoms with Gasteiger partial charge in [0, 0.05) is 18.2 Å². The molecule has 1 atom stereocenters. The minimum absolute atomic E-state index is 0.0482. The first-order valence-corrected chi connectivity index (χ1v) is 7.17. The Morgan fingerprint density at radius 1 is 1.33 bits per heavy atom. The van der Waals surface area contributed by atoms with E-state index in [0.29, 0.717) is 5.56 Å². The first-order valence-electron chi connectivity index (χ1n) is 5.52. The van der Waals surface area contributed by atoms with Crippen LogP contribution in [-0.2, 0) is 10.0 Å². The Labute approximate surface area is 107 Å². The van der Waals surface area contributed by atoms with Gasteiger partial charge in [0.1, 0.15) is 11.5 Å². The van der Waals surface area contributed by atoms with Crippen molar-refractivity contribution in [1.29, 1.82) is 0 Å². The van der Waals surface area contributed by atoms with Gasteiger partial charge in [-0.25, -0.2) is 13.1 Å². The van der Waals surface area contributed by atoms with Crippen LogP contribution in [0, 0.1) is 0 Å². The lowest BCUT2D eigenvalue weighted by Crippen LogP contribution is -2.30. The summed E-state index contributed by atoms with van der Waals surface area (Å²) in [6, 6.07) is 3.97. The lowest BCUT2D eigenvalue weighted by molar-refractivity contribution is 0.442. The van der Waals surface area contributed by atoms with Gasteiger partial charge in [-0.1, -0.05) is 0 Å². The highest BCUT2D eigenvalue weighted by atomic mass is 32.2. The molecule has 0 heterocycles. The maximum atomic E-state index is 11.2. The van der Waals surface area contributed by atoms with Crippen LogP contribution in [0.5, 0.6) is 11.5 Å². The van der Waals surface area contributed by atoms with Crippen LogP contribution < -0.4 is 10.0 Å². The molecule has 0 bridgehead atoms. The highest BCUT2D eigenvalue weighted by Crippen LogP contribution is 2.27. The van der Waals surface area contributed by atoms with Crippen LogP contribution in [0.4, 0.5) is 0 Å². The van der Waals surface area contributed by atoms with Crippen LogP contribution in [0.15, 0.2) is 18.2 Å². The van der Waals surface area contributed by atoms with E-state index >= 15 is 0 Å². The van der Waals surface area contributed by atoms with Crippen LogP contribution >= 0.6 is 0 Å². The fourth-order valence-corrected chi connectivity index (χ4v) is 2.10. The minimum atomic E-state index is -3.24. The summed E-state index contributed by atoms with van der Waals surface area (Å²) < 4.78 is 24.6. The molecule has 7 heteroatoms. The summed E-state index contributed by atoms with van der Waals surface area (Å²) >= 11 is 0. The first-order chi connectivity index (χ1) is 8.35. The van der Waals surface area contributed by atoms with E-state index in [-0.39, 0.29) is 29.8 Å². The second kappa shape index (κ2) is 6.03. The number of phenolic OH excluding ortho intramolecular Hbond substituents is 2. The summed E-state index contributed by atoms with van der Waals surface area (Å²) in [7, 11) is -1.88. The number of rotatable bonds is 6. The van der Waals surface area contributed by atoms with E-state index in [1.165, 1.54) is 25.2 Å². The normalized spacial score (nSPS) is 13.4. The molecular weight excluding hydrogens is 256 g/mol. The molecule has 0 fully saturated rings. The van der Waals surface area contributed by atoms with Crippen LogP contribution in [0.25, 0.3) is 0 Å². The summed E-state index contributed by atoms with van der Waals surface area (Å²) in [5.41, 5.74) is 0.525. The third kappa shape index (κ3) is 4.17. The second-order valence-electron chi connectivity index (χ2n) is 3.94. The van der Waals surface area contributed by atoms with Crippen molar-refractivity contribution in [1.82, 2.24) is 10.0 Å². The van der Waals surface area contributed by atoms with Gasteiger partial charge in [0.15, 0.2) is 0 Å². The number of aromatic hydroxyl groups is 2. The molecule has 6 nitrogen and oxygen atoms in total. The lowest BCUT2D eigenvalue weighted by atomic mass is 10.1. The van der Waals surface area contributed by atoms with Gasteiger partial charge >= 0.3 is 0 Å². The quantitative estimate of drug-likeness (QED) is 0.559. The van der Waals surface area contributed by atoms with Crippen LogP contribution in [0.1, 0.15) is 18.5 Å². The van der Waals surface area contributed by atoms with Gasteiger partial charge in [0.05, 0.1) is 5.75 Å². The van der Waals surface area contributed by atoms with E-state index in [9.17, 15) is 18.6 Å². The Hall–Kier alpha value is -1.31. The number of hydrogen-bond acceptors (Lipinski definition) is 5. The number of hydrogen-bond donors (Lipinski definition) is 4. The Balaban J connectivity index is 2.61. The first kappa shape index (κ1) is 14.7. The number of nitrogens with one attached hydrogen (secondary N) is 2. The van der Waals surface area contributed by atoms with E-state index in [2.05, 4.69) is 10.0 Å². The molecule has 0 aliphatic carbocycles. The molecule has 1 unspecified atom stereocenters. The van der Waals surface area contributed by atoms with Crippen molar-refractivity contribution in [3.8, 4) is 11.5 Å². The van der Waals surface area contributed by atoms with Crippen LogP contribution in [0.2, 0.25) is 0 Å². The van der Waals surface area contributed by atoms with Gasteiger partial charge < -0.3 is 15.5 Å². The lowest BCUT2D eigenvalue weighted by Gasteiger charge is -2.15. The molecule has 4 N–H and O–H groups in total. The molecule has 0 aliphatic heterocycles. The molecule has 18 heavy (non-hydrogen) atoms. The third-order valence-electron chi connectivity index (χ3n) is 2.61. The number of benzene rings is 1. The minimum Gasteiger partial charge on any atom is -0.508 e. The summed E-state index contributed by atoms with van der Waals surface area (Å²) in [6.45, 7) is 2.03. The Morgan fingerprint density at radius 3 is 2.61 bits per heavy atom. The molecule has 1 aromatic carbocycles. The smallest absolute Gasteiger partial charge is 0.212 e. The summed E-state index contributed by atoms with van der Waals surface area (Å²) in [4.78, 5) is 0. The molecule has 102 valence electrons. The van der Waals surface area contributed by atoms with Gasteiger partial charge in [-0.05, 0) is 32.2 Å². The van der Waals surface area contributed by atoms with Crippen molar-refractivity contribution >= 4 is 10.0 Å². The van der Waals surface area contributed by atoms with Crippen LogP contribution in [0.3, 0.4) is 0 Å². The maximum Gasteiger partial charge on any atom is 0.212 e. The maximum absolute atomic E-state index is 11.2. The van der Waals surface area contributed by atoms with Gasteiger partial charge in [-0.3, -0.25) is 0 Å². The fraction of sp³-hybridized carbons (Fsp3) is 0.455. The summed E-state index contributed by atoms with van der Waals surface area (Å²) in [5.74, 6) is 0.0662. The number of sulfonamides is 1. The van der Waals surface area contributed by atoms with Gasteiger partial charge in [-0.2, -0.15) is 0 Å². The molecule has 0 aromatic heterocycles. The van der Waals surface area contributed by atoms with Crippen molar-refractivity contribution in [2.24, 2.45) is 0 Å². The molecule has 0 amide bonds. The standard InChI is InChI=1S/C11H18N2O4S/c1-8(13-5-6-18(16,17)12-2)10-7-9(14)3-4-11(10)15/h3-4,7-8,12-15H,5-6H2,1-2H3. The molecular formula is C11H18N2O4S. The topological polar surface area (TPSA) is 98.7 Å². The van der Waals surface area contributed by atoms with Crippen molar-refractivity contribution in [3.05, 3.63) is 23.8 Å². The molecule has 0 spiro atoms. The zero-order valence-corrected chi connectivity index (χ0v) is 11.2. The van der Waals surface area contributed by atoms with Gasteiger partial charge in [-0.15, -0.1) is 0 Å². The predicted molar refractivity (Wildman–Crippen MR) is 69.0 cm³/mol. The van der Waals surface area contributed by atoms with E-state index in [1.807, 2.05) is 0 Å². The van der Waals surface area contributed by atoms with Gasteiger partial charge in [0.25, 0.3) is 0 Å². The second-order valence-corrected chi connectivity index (χ2v) is 5.99. The summed E-state index contributed by atoms with van der Waals surface area (Å²) in [5, 5.41) is 21.9. The molecule has 0 saturated carbocycles. The molecule has 0 aliphatic rings. The molecule has 0 radical (unpaired) electrons. The highest BCUT2D eigenvalue weighted by Gasteiger charge is 2.12. The van der Waals surface area contributed by atoms with E-state index in [4.69, 9.17) is 0 Å². The zero-order chi connectivity index (χ0) is 13.8. The Kier molecular flexibility index (Phi) is 4.94. The third-order valence-corrected chi connectivity index (χ3v) is 3.97. The average molecular weight is 274 g/mol. The van der Waals surface area contributed by atoms with Crippen molar-refractivity contribution in [2.75, 3.05) is 19.3 Å². The van der Waals surface area contributed by atoms with E-state index in [1.54, 1.807) is 6.92 Å². The van der Waals surface area contributed by atoms with Crippen molar-refractivity contribution < 1.29 is 18.6 Å².